The van der Waals surface area contributed by atoms with Gasteiger partial charge < -0.3 is 20.1 Å². The third-order valence-corrected chi connectivity index (χ3v) is 27.8. The Kier molecular flexibility index (Phi) is 30.2. The number of benzene rings is 11. The van der Waals surface area contributed by atoms with E-state index in [-0.39, 0.29) is 102 Å². The topological polar surface area (TPSA) is 147 Å². The number of aromatic hydroxyl groups is 3. The molecule has 0 saturated carbocycles. The van der Waals surface area contributed by atoms with Crippen molar-refractivity contribution in [3.8, 4) is 118 Å². The van der Waals surface area contributed by atoms with E-state index in [1.54, 1.807) is 30.6 Å². The molecule has 127 heavy (non-hydrogen) atoms. The quantitative estimate of drug-likeness (QED) is 0.0627. The standard InChI is InChI=1S/C40H37N2OS.C38H33N2OSi.C34H31N2O2.3Pt/c1-39(2,3)30-21-28(22-31(25-30)40(4,5)6)26-17-18-33(36(43)24-26)34-23-29(20-27-12-7-8-13-32(27)34)35-14-11-16-38(42-35)44-37-15-9-10-19-41-37;1-38(2,3)30-23-24-35(41)33(27-30)28-14-12-15-29(26-28)34-20-13-22-37(40-34)42(31-16-6-4-7-17-31,32-18-8-5-9-19-32)36-21-10-11-25-39-36;1-22-10-8-11-23(2)33(22)26-19-24(28-21-27(34(3,4)5)15-16-30(28)37)18-25(20-26)29-12-9-14-32(36-29)38-31-13-6-7-17-35-31;;;/h7-22,24-25,43H,1-6H3;4-25,27,41H,1-3H3;6-17,19-21,37H,1-5H3;;;/q3*-1;;;. The molecule has 11 aromatic carbocycles. The summed E-state index contributed by atoms with van der Waals surface area (Å²) in [6, 6.07) is 119. The first-order chi connectivity index (χ1) is 59.5. The van der Waals surface area contributed by atoms with Gasteiger partial charge in [-0.3, -0.25) is 19.9 Å². The summed E-state index contributed by atoms with van der Waals surface area (Å²) in [5, 5.41) is 41.6. The number of aromatic nitrogens is 6. The molecule has 6 heterocycles. The number of nitrogens with zero attached hydrogens (tertiary/aromatic N) is 6. The molecule has 10 nitrogen and oxygen atoms in total. The fourth-order valence-electron chi connectivity index (χ4n) is 15.6. The maximum Gasteiger partial charge on any atom is 0.222 e. The van der Waals surface area contributed by atoms with Gasteiger partial charge in [-0.1, -0.05) is 340 Å². The molecule has 0 aliphatic carbocycles. The van der Waals surface area contributed by atoms with Crippen LogP contribution in [0.4, 0.5) is 0 Å². The minimum Gasteiger partial charge on any atom is -0.515 e. The zero-order valence-corrected chi connectivity index (χ0v) is 82.3. The summed E-state index contributed by atoms with van der Waals surface area (Å²) in [6.45, 7) is 30.7. The average molecular weight is 2240 g/mol. The van der Waals surface area contributed by atoms with Crippen molar-refractivity contribution in [1.82, 2.24) is 29.9 Å². The molecule has 0 fully saturated rings. The van der Waals surface area contributed by atoms with Crippen LogP contribution in [-0.2, 0) is 84.9 Å². The van der Waals surface area contributed by atoms with Crippen LogP contribution in [0.25, 0.3) is 100 Å². The molecule has 646 valence electrons. The van der Waals surface area contributed by atoms with Crippen LogP contribution in [0.15, 0.2) is 350 Å². The van der Waals surface area contributed by atoms with Crippen molar-refractivity contribution in [1.29, 1.82) is 0 Å². The second-order valence-electron chi connectivity index (χ2n) is 35.4. The second kappa shape index (κ2) is 40.6. The number of pyridine rings is 6. The van der Waals surface area contributed by atoms with Crippen LogP contribution in [0.5, 0.6) is 29.0 Å². The molecule has 0 unspecified atom stereocenters. The van der Waals surface area contributed by atoms with E-state index >= 15 is 0 Å². The molecule has 17 rings (SSSR count). The van der Waals surface area contributed by atoms with Gasteiger partial charge in [-0.25, -0.2) is 9.97 Å². The third kappa shape index (κ3) is 22.0. The van der Waals surface area contributed by atoms with Crippen LogP contribution in [-0.4, -0.2) is 53.3 Å². The summed E-state index contributed by atoms with van der Waals surface area (Å²) in [6.07, 6.45) is 5.35. The fraction of sp³-hybridized carbons (Fsp3) is 0.161. The van der Waals surface area contributed by atoms with Gasteiger partial charge in [0.1, 0.15) is 5.03 Å². The van der Waals surface area contributed by atoms with E-state index in [1.807, 2.05) is 140 Å². The Balaban J connectivity index is 0.000000171. The van der Waals surface area contributed by atoms with Gasteiger partial charge >= 0.3 is 0 Å². The fourth-order valence-corrected chi connectivity index (χ4v) is 20.8. The molecule has 17 aromatic rings. The molecule has 6 aromatic heterocycles. The minimum absolute atomic E-state index is 0. The zero-order valence-electron chi connectivity index (χ0n) is 73.6. The van der Waals surface area contributed by atoms with Crippen LogP contribution in [0.2, 0.25) is 0 Å². The van der Waals surface area contributed by atoms with Crippen molar-refractivity contribution in [3.63, 3.8) is 0 Å². The number of hydrogen-bond donors (Lipinski definition) is 3. The number of ether oxygens (including phenoxy) is 1. The maximum atomic E-state index is 11.5. The zero-order chi connectivity index (χ0) is 87.1. The Morgan fingerprint density at radius 1 is 0.315 bits per heavy atom. The van der Waals surface area contributed by atoms with Crippen molar-refractivity contribution >= 4 is 51.6 Å². The van der Waals surface area contributed by atoms with E-state index in [2.05, 4.69) is 295 Å². The van der Waals surface area contributed by atoms with Gasteiger partial charge in [-0.05, 0) is 179 Å². The Labute approximate surface area is 796 Å². The third-order valence-electron chi connectivity index (χ3n) is 22.4. The molecule has 15 heteroatoms. The Morgan fingerprint density at radius 3 is 1.39 bits per heavy atom. The Bertz CT molecular complexity index is 6530. The summed E-state index contributed by atoms with van der Waals surface area (Å²) in [5.74, 6) is 1.63. The van der Waals surface area contributed by atoms with E-state index in [1.165, 1.54) is 44.4 Å². The van der Waals surface area contributed by atoms with Gasteiger partial charge in [0.05, 0.1) is 22.3 Å². The van der Waals surface area contributed by atoms with Crippen LogP contribution >= 0.6 is 11.8 Å². The van der Waals surface area contributed by atoms with E-state index in [9.17, 15) is 15.3 Å². The molecular weight excluding hydrogens is 2140 g/mol. The number of hydrogen-bond acceptors (Lipinski definition) is 11. The maximum absolute atomic E-state index is 11.5. The van der Waals surface area contributed by atoms with Gasteiger partial charge in [0, 0.05) is 116 Å². The van der Waals surface area contributed by atoms with E-state index in [0.717, 1.165) is 132 Å². The van der Waals surface area contributed by atoms with E-state index < -0.39 is 8.07 Å². The molecule has 3 N–H and O–H groups in total. The number of fused-ring (bicyclic) bond motifs is 1. The van der Waals surface area contributed by atoms with Gasteiger partial charge in [0.25, 0.3) is 0 Å². The molecule has 0 spiro atoms. The monoisotopic (exact) mass is 2240 g/mol. The van der Waals surface area contributed by atoms with Crippen molar-refractivity contribution in [2.24, 2.45) is 0 Å². The SMILES string of the molecule is CC(C)(C)c1cc(-c2ccc(-c3[c-]c(-c4cccc(Sc5ccccn5)n4)cc4ccccc34)c(O)c2)cc(C(C)(C)C)c1.CC(C)(C)c1ccc(O)c(-c2[c-]c(-c3cccc([Si](c4ccccc4)(c4ccccc4)c4ccccn4)n3)ccc2)c1.Cc1cccc(C)c1-c1cc(-c2cccc(Oc3ccccn3)n2)[c-]c(-c2cc(C(C)(C)C)ccc2O)c1.[Pt].[Pt].[Pt]. The summed E-state index contributed by atoms with van der Waals surface area (Å²) in [4.78, 5) is 28.7. The first kappa shape index (κ1) is 94.5. The summed E-state index contributed by atoms with van der Waals surface area (Å²) in [5.41, 5.74) is 21.1. The number of phenolic OH excluding ortho intramolecular Hbond substituents is 3. The van der Waals surface area contributed by atoms with Crippen molar-refractivity contribution in [3.05, 3.63) is 392 Å². The molecular formula is C112H101N6O4Pt3SSi-3. The molecule has 0 bridgehead atoms. The molecule has 0 amide bonds. The van der Waals surface area contributed by atoms with Gasteiger partial charge in [0.15, 0.2) is 0 Å². The Hall–Kier alpha value is -11.6. The van der Waals surface area contributed by atoms with Gasteiger partial charge in [0.2, 0.25) is 19.8 Å². The average Bonchev–Trinajstić information content (AvgIpc) is 0.731. The van der Waals surface area contributed by atoms with Crippen molar-refractivity contribution < 1.29 is 83.3 Å². The summed E-state index contributed by atoms with van der Waals surface area (Å²) in [7, 11) is -2.86. The van der Waals surface area contributed by atoms with Gasteiger partial charge in [-0.2, -0.15) is 0 Å². The Morgan fingerprint density at radius 2 is 0.803 bits per heavy atom. The molecule has 0 aliphatic heterocycles. The number of rotatable bonds is 16. The van der Waals surface area contributed by atoms with Crippen LogP contribution < -0.4 is 25.7 Å². The van der Waals surface area contributed by atoms with Crippen molar-refractivity contribution in [2.45, 2.75) is 129 Å². The largest absolute Gasteiger partial charge is 0.515 e. The van der Waals surface area contributed by atoms with E-state index in [4.69, 9.17) is 24.7 Å². The predicted octanol–water partition coefficient (Wildman–Crippen LogP) is 25.6. The normalized spacial score (nSPS) is 11.5. The molecule has 0 atom stereocenters. The smallest absolute Gasteiger partial charge is 0.222 e. The summed E-state index contributed by atoms with van der Waals surface area (Å²) >= 11 is 1.53. The predicted molar refractivity (Wildman–Crippen MR) is 514 cm³/mol. The molecule has 0 radical (unpaired) electrons. The van der Waals surface area contributed by atoms with Crippen LogP contribution in [0, 0.1) is 32.0 Å². The first-order valence-electron chi connectivity index (χ1n) is 41.9. The molecule has 0 saturated heterocycles. The van der Waals surface area contributed by atoms with Crippen molar-refractivity contribution in [2.75, 3.05) is 0 Å². The summed E-state index contributed by atoms with van der Waals surface area (Å²) < 4.78 is 5.90. The number of aryl methyl sites for hydroxylation is 2. The number of phenols is 3. The molecule has 0 aliphatic rings. The van der Waals surface area contributed by atoms with Crippen LogP contribution in [0.1, 0.15) is 116 Å². The van der Waals surface area contributed by atoms with Gasteiger partial charge in [-0.15, -0.1) is 71.3 Å². The minimum atomic E-state index is -2.86. The van der Waals surface area contributed by atoms with Crippen LogP contribution in [0.3, 0.4) is 0 Å². The second-order valence-corrected chi connectivity index (χ2v) is 40.2. The first-order valence-corrected chi connectivity index (χ1v) is 44.8. The van der Waals surface area contributed by atoms with E-state index in [0.29, 0.717) is 11.8 Å².